The Morgan fingerprint density at radius 3 is 2.29 bits per heavy atom. The first-order chi connectivity index (χ1) is 6.31. The summed E-state index contributed by atoms with van der Waals surface area (Å²) in [7, 11) is 0. The molecule has 0 saturated heterocycles. The Morgan fingerprint density at radius 2 is 2.00 bits per heavy atom. The van der Waals surface area contributed by atoms with E-state index in [1.807, 2.05) is 19.9 Å². The Labute approximate surface area is 86.3 Å². The van der Waals surface area contributed by atoms with Gasteiger partial charge in [-0.05, 0) is 34.1 Å². The fourth-order valence-electron chi connectivity index (χ4n) is 1.31. The number of carbonyl (C=O) groups excluding carboxylic acids is 1. The van der Waals surface area contributed by atoms with Crippen molar-refractivity contribution >= 4 is 5.78 Å². The van der Waals surface area contributed by atoms with Crippen molar-refractivity contribution in [3.05, 3.63) is 24.3 Å². The van der Waals surface area contributed by atoms with Crippen molar-refractivity contribution in [1.29, 1.82) is 0 Å². The maximum Gasteiger partial charge on any atom is 0.136 e. The molecule has 0 heterocycles. The van der Waals surface area contributed by atoms with Crippen molar-refractivity contribution in [2.45, 2.75) is 39.7 Å². The van der Waals surface area contributed by atoms with Gasteiger partial charge in [0.15, 0.2) is 0 Å². The van der Waals surface area contributed by atoms with E-state index in [1.54, 1.807) is 6.92 Å². The zero-order valence-electron chi connectivity index (χ0n) is 9.50. The number of Topliss-reactive ketones (excluding diaryl/α,β-unsaturated/α-hetero) is 1. The summed E-state index contributed by atoms with van der Waals surface area (Å²) < 4.78 is 0. The maximum atomic E-state index is 11.3. The van der Waals surface area contributed by atoms with E-state index in [2.05, 4.69) is 6.58 Å². The first-order valence-electron chi connectivity index (χ1n) is 4.81. The molecule has 2 heteroatoms. The van der Waals surface area contributed by atoms with Crippen molar-refractivity contribution in [2.75, 3.05) is 0 Å². The van der Waals surface area contributed by atoms with Crippen LogP contribution in [0.5, 0.6) is 0 Å². The molecular formula is C12H20O2. The topological polar surface area (TPSA) is 37.3 Å². The molecule has 0 aromatic heterocycles. The number of hydrogen-bond donors (Lipinski definition) is 1. The molecule has 0 amide bonds. The average Bonchev–Trinajstić information content (AvgIpc) is 2.03. The van der Waals surface area contributed by atoms with E-state index in [0.717, 1.165) is 5.57 Å². The highest BCUT2D eigenvalue weighted by Crippen LogP contribution is 2.23. The van der Waals surface area contributed by atoms with Crippen LogP contribution in [0.1, 0.15) is 34.1 Å². The molecule has 0 saturated carbocycles. The average molecular weight is 196 g/mol. The summed E-state index contributed by atoms with van der Waals surface area (Å²) in [5.74, 6) is -0.401. The molecule has 80 valence electrons. The Balaban J connectivity index is 4.70. The summed E-state index contributed by atoms with van der Waals surface area (Å²) in [6, 6.07) is 0. The molecule has 0 aromatic carbocycles. The smallest absolute Gasteiger partial charge is 0.136 e. The van der Waals surface area contributed by atoms with Gasteiger partial charge in [-0.15, -0.1) is 6.58 Å². The van der Waals surface area contributed by atoms with E-state index < -0.39 is 11.5 Å². The van der Waals surface area contributed by atoms with Gasteiger partial charge in [-0.25, -0.2) is 0 Å². The van der Waals surface area contributed by atoms with Crippen LogP contribution in [0.25, 0.3) is 0 Å². The van der Waals surface area contributed by atoms with Crippen LogP contribution < -0.4 is 0 Å². The second kappa shape index (κ2) is 5.11. The summed E-state index contributed by atoms with van der Waals surface area (Å²) in [6.07, 6.45) is 3.96. The van der Waals surface area contributed by atoms with Crippen LogP contribution in [-0.4, -0.2) is 16.5 Å². The molecular weight excluding hydrogens is 176 g/mol. The van der Waals surface area contributed by atoms with E-state index in [0.29, 0.717) is 6.42 Å². The monoisotopic (exact) mass is 196 g/mol. The molecule has 0 fully saturated rings. The highest BCUT2D eigenvalue weighted by molar-refractivity contribution is 5.80. The Kier molecular flexibility index (Phi) is 4.78. The number of carbonyl (C=O) groups is 1. The largest absolute Gasteiger partial charge is 0.385 e. The highest BCUT2D eigenvalue weighted by atomic mass is 16.3. The van der Waals surface area contributed by atoms with Gasteiger partial charge >= 0.3 is 0 Å². The summed E-state index contributed by atoms with van der Waals surface area (Å²) in [5, 5.41) is 9.90. The number of hydrogen-bond acceptors (Lipinski definition) is 2. The number of allylic oxidation sites excluding steroid dienone is 2. The molecule has 14 heavy (non-hydrogen) atoms. The molecule has 0 spiro atoms. The summed E-state index contributed by atoms with van der Waals surface area (Å²) in [5.41, 5.74) is 0.0359. The van der Waals surface area contributed by atoms with Crippen LogP contribution >= 0.6 is 0 Å². The van der Waals surface area contributed by atoms with Gasteiger partial charge in [0, 0.05) is 0 Å². The maximum absolute atomic E-state index is 11.3. The normalized spacial score (nSPS) is 16.6. The van der Waals surface area contributed by atoms with E-state index in [9.17, 15) is 9.90 Å². The molecule has 0 rings (SSSR count). The fourth-order valence-corrected chi connectivity index (χ4v) is 1.31. The molecule has 0 bridgehead atoms. The predicted molar refractivity (Wildman–Crippen MR) is 59.0 cm³/mol. The van der Waals surface area contributed by atoms with Gasteiger partial charge in [-0.2, -0.15) is 0 Å². The lowest BCUT2D eigenvalue weighted by Crippen LogP contribution is -2.36. The lowest BCUT2D eigenvalue weighted by atomic mass is 9.83. The third-order valence-corrected chi connectivity index (χ3v) is 2.37. The predicted octanol–water partition coefficient (Wildman–Crippen LogP) is 2.48. The SMILES string of the molecule is C=CC(C)(O)C(CC=C(C)C)C(C)=O. The number of ketones is 1. The molecule has 2 nitrogen and oxygen atoms in total. The first kappa shape index (κ1) is 13.1. The molecule has 0 aliphatic carbocycles. The van der Waals surface area contributed by atoms with Gasteiger partial charge in [0.05, 0.1) is 11.5 Å². The summed E-state index contributed by atoms with van der Waals surface area (Å²) in [6.45, 7) is 10.6. The van der Waals surface area contributed by atoms with Crippen molar-refractivity contribution in [2.24, 2.45) is 5.92 Å². The van der Waals surface area contributed by atoms with Gasteiger partial charge in [0.2, 0.25) is 0 Å². The van der Waals surface area contributed by atoms with Gasteiger partial charge < -0.3 is 5.11 Å². The fraction of sp³-hybridized carbons (Fsp3) is 0.583. The molecule has 0 aliphatic rings. The molecule has 2 unspecified atom stereocenters. The van der Waals surface area contributed by atoms with Crippen LogP contribution in [0.15, 0.2) is 24.3 Å². The Morgan fingerprint density at radius 1 is 1.50 bits per heavy atom. The van der Waals surface area contributed by atoms with Gasteiger partial charge in [-0.1, -0.05) is 17.7 Å². The van der Waals surface area contributed by atoms with E-state index in [-0.39, 0.29) is 5.78 Å². The minimum Gasteiger partial charge on any atom is -0.385 e. The van der Waals surface area contributed by atoms with E-state index in [4.69, 9.17) is 0 Å². The first-order valence-corrected chi connectivity index (χ1v) is 4.81. The lowest BCUT2D eigenvalue weighted by Gasteiger charge is -2.27. The van der Waals surface area contributed by atoms with E-state index in [1.165, 1.54) is 13.0 Å². The number of rotatable bonds is 5. The van der Waals surface area contributed by atoms with Crippen molar-refractivity contribution in [1.82, 2.24) is 0 Å². The van der Waals surface area contributed by atoms with Gasteiger partial charge in [0.25, 0.3) is 0 Å². The van der Waals surface area contributed by atoms with Gasteiger partial charge in [-0.3, -0.25) is 4.79 Å². The van der Waals surface area contributed by atoms with Gasteiger partial charge in [0.1, 0.15) is 5.78 Å². The lowest BCUT2D eigenvalue weighted by molar-refractivity contribution is -0.126. The standard InChI is InChI=1S/C12H20O2/c1-6-12(5,14)11(10(4)13)8-7-9(2)3/h6-7,11,14H,1,8H2,2-5H3. The second-order valence-corrected chi connectivity index (χ2v) is 4.11. The van der Waals surface area contributed by atoms with Crippen LogP contribution in [-0.2, 0) is 4.79 Å². The Hall–Kier alpha value is -0.890. The number of aliphatic hydroxyl groups is 1. The molecule has 1 N–H and O–H groups in total. The molecule has 2 atom stereocenters. The minimum absolute atomic E-state index is 0.00704. The molecule has 0 aliphatic heterocycles. The summed E-state index contributed by atoms with van der Waals surface area (Å²) in [4.78, 5) is 11.3. The second-order valence-electron chi connectivity index (χ2n) is 4.11. The van der Waals surface area contributed by atoms with Crippen molar-refractivity contribution in [3.8, 4) is 0 Å². The molecule has 0 aromatic rings. The van der Waals surface area contributed by atoms with Crippen molar-refractivity contribution in [3.63, 3.8) is 0 Å². The Bertz CT molecular complexity index is 245. The minimum atomic E-state index is -1.11. The van der Waals surface area contributed by atoms with Crippen LogP contribution in [0, 0.1) is 5.92 Å². The molecule has 0 radical (unpaired) electrons. The quantitative estimate of drug-likeness (QED) is 0.686. The van der Waals surface area contributed by atoms with Crippen LogP contribution in [0.3, 0.4) is 0 Å². The van der Waals surface area contributed by atoms with Crippen LogP contribution in [0.4, 0.5) is 0 Å². The third-order valence-electron chi connectivity index (χ3n) is 2.37. The zero-order chi connectivity index (χ0) is 11.4. The highest BCUT2D eigenvalue weighted by Gasteiger charge is 2.31. The van der Waals surface area contributed by atoms with Crippen LogP contribution in [0.2, 0.25) is 0 Å². The van der Waals surface area contributed by atoms with Crippen molar-refractivity contribution < 1.29 is 9.90 Å². The van der Waals surface area contributed by atoms with E-state index >= 15 is 0 Å². The summed E-state index contributed by atoms with van der Waals surface area (Å²) >= 11 is 0. The third kappa shape index (κ3) is 3.88. The zero-order valence-corrected chi connectivity index (χ0v) is 9.50.